The first-order valence-electron chi connectivity index (χ1n) is 9.00. The molecule has 0 spiro atoms. The van der Waals surface area contributed by atoms with Crippen LogP contribution in [-0.2, 0) is 0 Å². The maximum Gasteiger partial charge on any atom is 0.319 e. The molecule has 2 aromatic carbocycles. The minimum absolute atomic E-state index is 0.280. The van der Waals surface area contributed by atoms with Gasteiger partial charge in [0.25, 0.3) is 0 Å². The Morgan fingerprint density at radius 1 is 1.14 bits per heavy atom. The molecule has 0 unspecified atom stereocenters. The average molecular weight is 382 g/mol. The van der Waals surface area contributed by atoms with Crippen LogP contribution in [-0.4, -0.2) is 39.4 Å². The molecule has 9 heteroatoms. The van der Waals surface area contributed by atoms with Crippen LogP contribution < -0.4 is 15.4 Å². The predicted octanol–water partition coefficient (Wildman–Crippen LogP) is 3.01. The lowest BCUT2D eigenvalue weighted by molar-refractivity contribution is 0.247. The molecule has 28 heavy (non-hydrogen) atoms. The Morgan fingerprint density at radius 3 is 2.61 bits per heavy atom. The number of anilines is 1. The fourth-order valence-corrected chi connectivity index (χ4v) is 2.69. The number of rotatable bonds is 7. The van der Waals surface area contributed by atoms with E-state index in [0.29, 0.717) is 24.0 Å². The van der Waals surface area contributed by atoms with Gasteiger partial charge in [0.1, 0.15) is 18.2 Å². The lowest BCUT2D eigenvalue weighted by Crippen LogP contribution is -2.32. The Hall–Kier alpha value is -3.49. The molecule has 1 aromatic heterocycles. The zero-order valence-electron chi connectivity index (χ0n) is 15.0. The second-order valence-corrected chi connectivity index (χ2v) is 6.44. The van der Waals surface area contributed by atoms with E-state index in [4.69, 9.17) is 4.74 Å². The van der Waals surface area contributed by atoms with Gasteiger partial charge in [0, 0.05) is 11.3 Å². The van der Waals surface area contributed by atoms with Gasteiger partial charge in [-0.15, -0.1) is 5.10 Å². The smallest absolute Gasteiger partial charge is 0.319 e. The van der Waals surface area contributed by atoms with E-state index in [1.807, 2.05) is 16.8 Å². The van der Waals surface area contributed by atoms with Gasteiger partial charge >= 0.3 is 6.03 Å². The Bertz CT molecular complexity index is 938. The standard InChI is InChI=1S/C19H19FN6O2/c20-14-3-9-17(10-4-14)28-12-11-21-19(27)22-15-5-1-13(2-6-15)18-23-24-25-26(18)16-7-8-16/h1-6,9-10,16H,7-8,11-12H2,(H2,21,22,27). The summed E-state index contributed by atoms with van der Waals surface area (Å²) in [4.78, 5) is 12.0. The van der Waals surface area contributed by atoms with Crippen molar-refractivity contribution in [1.29, 1.82) is 0 Å². The van der Waals surface area contributed by atoms with Gasteiger partial charge in [-0.1, -0.05) is 0 Å². The van der Waals surface area contributed by atoms with E-state index < -0.39 is 0 Å². The second kappa shape index (κ2) is 8.03. The maximum absolute atomic E-state index is 12.8. The number of amides is 2. The number of hydrogen-bond donors (Lipinski definition) is 2. The van der Waals surface area contributed by atoms with Crippen LogP contribution in [0.2, 0.25) is 0 Å². The van der Waals surface area contributed by atoms with Gasteiger partial charge in [0.2, 0.25) is 0 Å². The van der Waals surface area contributed by atoms with Crippen LogP contribution in [0.1, 0.15) is 18.9 Å². The van der Waals surface area contributed by atoms with Crippen molar-refractivity contribution < 1.29 is 13.9 Å². The molecule has 8 nitrogen and oxygen atoms in total. The van der Waals surface area contributed by atoms with Crippen LogP contribution in [0.25, 0.3) is 11.4 Å². The summed E-state index contributed by atoms with van der Waals surface area (Å²) >= 11 is 0. The molecular weight excluding hydrogens is 363 g/mol. The highest BCUT2D eigenvalue weighted by Gasteiger charge is 2.28. The van der Waals surface area contributed by atoms with Gasteiger partial charge < -0.3 is 15.4 Å². The number of tetrazole rings is 1. The minimum Gasteiger partial charge on any atom is -0.492 e. The molecule has 0 bridgehead atoms. The summed E-state index contributed by atoms with van der Waals surface area (Å²) in [7, 11) is 0. The van der Waals surface area contributed by atoms with E-state index in [1.165, 1.54) is 24.3 Å². The monoisotopic (exact) mass is 382 g/mol. The quantitative estimate of drug-likeness (QED) is 0.613. The van der Waals surface area contributed by atoms with Crippen molar-refractivity contribution in [3.05, 3.63) is 54.3 Å². The second-order valence-electron chi connectivity index (χ2n) is 6.44. The summed E-state index contributed by atoms with van der Waals surface area (Å²) in [5.74, 6) is 0.962. The van der Waals surface area contributed by atoms with Crippen molar-refractivity contribution >= 4 is 11.7 Å². The molecule has 2 amide bonds. The molecule has 2 N–H and O–H groups in total. The lowest BCUT2D eigenvalue weighted by Gasteiger charge is -2.09. The van der Waals surface area contributed by atoms with E-state index in [9.17, 15) is 9.18 Å². The van der Waals surface area contributed by atoms with Crippen LogP contribution in [0, 0.1) is 5.82 Å². The van der Waals surface area contributed by atoms with Gasteiger partial charge in [0.05, 0.1) is 12.6 Å². The Morgan fingerprint density at radius 2 is 1.89 bits per heavy atom. The number of benzene rings is 2. The third kappa shape index (κ3) is 4.43. The molecule has 1 saturated carbocycles. The third-order valence-corrected chi connectivity index (χ3v) is 4.26. The number of carbonyl (C=O) groups excluding carboxylic acids is 1. The number of aromatic nitrogens is 4. The highest BCUT2D eigenvalue weighted by Crippen LogP contribution is 2.36. The van der Waals surface area contributed by atoms with Crippen LogP contribution in [0.5, 0.6) is 5.75 Å². The summed E-state index contributed by atoms with van der Waals surface area (Å²) in [5, 5.41) is 17.3. The van der Waals surface area contributed by atoms with Crippen LogP contribution in [0.4, 0.5) is 14.9 Å². The van der Waals surface area contributed by atoms with Crippen molar-refractivity contribution in [3.8, 4) is 17.1 Å². The van der Waals surface area contributed by atoms with Gasteiger partial charge in [-0.2, -0.15) is 0 Å². The van der Waals surface area contributed by atoms with Crippen LogP contribution >= 0.6 is 0 Å². The van der Waals surface area contributed by atoms with Crippen molar-refractivity contribution in [2.24, 2.45) is 0 Å². The zero-order valence-corrected chi connectivity index (χ0v) is 15.0. The van der Waals surface area contributed by atoms with E-state index in [-0.39, 0.29) is 18.5 Å². The van der Waals surface area contributed by atoms with Gasteiger partial charge in [-0.05, 0) is 71.8 Å². The average Bonchev–Trinajstić information content (AvgIpc) is 3.44. The molecular formula is C19H19FN6O2. The van der Waals surface area contributed by atoms with Gasteiger partial charge in [0.15, 0.2) is 5.82 Å². The summed E-state index contributed by atoms with van der Waals surface area (Å²) in [6.45, 7) is 0.596. The Balaban J connectivity index is 1.24. The fraction of sp³-hybridized carbons (Fsp3) is 0.263. The third-order valence-electron chi connectivity index (χ3n) is 4.26. The molecule has 1 aliphatic rings. The first-order valence-corrected chi connectivity index (χ1v) is 9.00. The molecule has 1 aliphatic carbocycles. The van der Waals surface area contributed by atoms with Crippen molar-refractivity contribution in [1.82, 2.24) is 25.5 Å². The molecule has 0 saturated heterocycles. The van der Waals surface area contributed by atoms with E-state index in [2.05, 4.69) is 26.2 Å². The molecule has 0 atom stereocenters. The highest BCUT2D eigenvalue weighted by molar-refractivity contribution is 5.89. The van der Waals surface area contributed by atoms with Crippen molar-refractivity contribution in [2.75, 3.05) is 18.5 Å². The molecule has 4 rings (SSSR count). The van der Waals surface area contributed by atoms with Gasteiger partial charge in [-0.3, -0.25) is 0 Å². The molecule has 3 aromatic rings. The first-order chi connectivity index (χ1) is 13.7. The molecule has 144 valence electrons. The summed E-state index contributed by atoms with van der Waals surface area (Å²) in [6.07, 6.45) is 2.20. The summed E-state index contributed by atoms with van der Waals surface area (Å²) in [6, 6.07) is 13.1. The van der Waals surface area contributed by atoms with E-state index >= 15 is 0 Å². The molecule has 1 fully saturated rings. The van der Waals surface area contributed by atoms with E-state index in [0.717, 1.165) is 24.2 Å². The van der Waals surface area contributed by atoms with E-state index in [1.54, 1.807) is 12.1 Å². The number of urea groups is 1. The van der Waals surface area contributed by atoms with Crippen molar-refractivity contribution in [2.45, 2.75) is 18.9 Å². The van der Waals surface area contributed by atoms with Crippen LogP contribution in [0.15, 0.2) is 48.5 Å². The maximum atomic E-state index is 12.8. The first kappa shape index (κ1) is 17.9. The summed E-state index contributed by atoms with van der Waals surface area (Å²) in [5.41, 5.74) is 1.56. The number of halogens is 1. The zero-order chi connectivity index (χ0) is 19.3. The number of nitrogens with zero attached hydrogens (tertiary/aromatic N) is 4. The molecule has 0 aliphatic heterocycles. The number of nitrogens with one attached hydrogen (secondary N) is 2. The normalized spacial score (nSPS) is 13.2. The lowest BCUT2D eigenvalue weighted by atomic mass is 10.2. The Labute approximate surface area is 160 Å². The van der Waals surface area contributed by atoms with Crippen molar-refractivity contribution in [3.63, 3.8) is 0 Å². The number of carbonyl (C=O) groups is 1. The SMILES string of the molecule is O=C(NCCOc1ccc(F)cc1)Nc1ccc(-c2nnnn2C2CC2)cc1. The largest absolute Gasteiger partial charge is 0.492 e. The topological polar surface area (TPSA) is 94.0 Å². The number of ether oxygens (including phenoxy) is 1. The Kier molecular flexibility index (Phi) is 5.14. The summed E-state index contributed by atoms with van der Waals surface area (Å²) < 4.78 is 20.1. The predicted molar refractivity (Wildman–Crippen MR) is 100 cm³/mol. The molecule has 1 heterocycles. The minimum atomic E-state index is -0.335. The van der Waals surface area contributed by atoms with Gasteiger partial charge in [-0.25, -0.2) is 13.9 Å². The molecule has 0 radical (unpaired) electrons. The number of hydrogen-bond acceptors (Lipinski definition) is 5. The fourth-order valence-electron chi connectivity index (χ4n) is 2.69. The highest BCUT2D eigenvalue weighted by atomic mass is 19.1. The van der Waals surface area contributed by atoms with Crippen LogP contribution in [0.3, 0.4) is 0 Å².